The highest BCUT2D eigenvalue weighted by molar-refractivity contribution is 7.22. The standard InChI is InChI=1S/C23H19N3OS2/c1-26(2)16-7-4-14(5-8-16)22-24-18-10-6-15(12-20(18)28-22)23-25-19-11-9-17(27-3)13-21(19)29-23/h4-13H,1-3H3. The van der Waals surface area contributed by atoms with Crippen LogP contribution in [0.1, 0.15) is 0 Å². The molecular formula is C23H19N3OS2. The monoisotopic (exact) mass is 417 g/mol. The highest BCUT2D eigenvalue weighted by Gasteiger charge is 2.11. The molecular weight excluding hydrogens is 398 g/mol. The van der Waals surface area contributed by atoms with E-state index in [1.54, 1.807) is 29.8 Å². The van der Waals surface area contributed by atoms with Gasteiger partial charge >= 0.3 is 0 Å². The van der Waals surface area contributed by atoms with Crippen molar-refractivity contribution < 1.29 is 4.74 Å². The van der Waals surface area contributed by atoms with Crippen LogP contribution in [0.25, 0.3) is 41.6 Å². The lowest BCUT2D eigenvalue weighted by molar-refractivity contribution is 0.415. The average molecular weight is 418 g/mol. The third kappa shape index (κ3) is 3.34. The fourth-order valence-corrected chi connectivity index (χ4v) is 5.24. The fourth-order valence-electron chi connectivity index (χ4n) is 3.24. The molecule has 0 atom stereocenters. The molecule has 4 nitrogen and oxygen atoms in total. The van der Waals surface area contributed by atoms with Crippen LogP contribution in [0.4, 0.5) is 5.69 Å². The van der Waals surface area contributed by atoms with Gasteiger partial charge in [-0.15, -0.1) is 22.7 Å². The van der Waals surface area contributed by atoms with Crippen LogP contribution in [-0.4, -0.2) is 31.2 Å². The molecule has 0 aliphatic rings. The first-order chi connectivity index (χ1) is 14.1. The van der Waals surface area contributed by atoms with Gasteiger partial charge in [0.05, 0.1) is 27.5 Å². The molecule has 0 spiro atoms. The molecule has 29 heavy (non-hydrogen) atoms. The maximum Gasteiger partial charge on any atom is 0.124 e. The summed E-state index contributed by atoms with van der Waals surface area (Å²) in [5, 5.41) is 2.05. The molecule has 6 heteroatoms. The van der Waals surface area contributed by atoms with E-state index in [2.05, 4.69) is 47.4 Å². The predicted molar refractivity (Wildman–Crippen MR) is 125 cm³/mol. The summed E-state index contributed by atoms with van der Waals surface area (Å²) < 4.78 is 7.63. The molecule has 3 aromatic carbocycles. The fraction of sp³-hybridized carbons (Fsp3) is 0.130. The number of hydrogen-bond acceptors (Lipinski definition) is 6. The second-order valence-electron chi connectivity index (χ2n) is 7.00. The Hall–Kier alpha value is -2.96. The molecule has 2 aromatic heterocycles. The van der Waals surface area contributed by atoms with Gasteiger partial charge in [-0.05, 0) is 60.7 Å². The molecule has 0 saturated carbocycles. The molecule has 0 radical (unpaired) electrons. The van der Waals surface area contributed by atoms with Crippen molar-refractivity contribution in [2.45, 2.75) is 0 Å². The summed E-state index contributed by atoms with van der Waals surface area (Å²) in [6, 6.07) is 20.9. The number of anilines is 1. The maximum absolute atomic E-state index is 5.33. The van der Waals surface area contributed by atoms with Gasteiger partial charge in [0.15, 0.2) is 0 Å². The lowest BCUT2D eigenvalue weighted by Crippen LogP contribution is -2.07. The van der Waals surface area contributed by atoms with Gasteiger partial charge < -0.3 is 9.64 Å². The summed E-state index contributed by atoms with van der Waals surface area (Å²) in [5.74, 6) is 0.857. The van der Waals surface area contributed by atoms with Gasteiger partial charge in [0.1, 0.15) is 15.8 Å². The van der Waals surface area contributed by atoms with Crippen molar-refractivity contribution in [3.63, 3.8) is 0 Å². The summed E-state index contributed by atoms with van der Waals surface area (Å²) in [5.41, 5.74) is 5.47. The van der Waals surface area contributed by atoms with Crippen LogP contribution < -0.4 is 9.64 Å². The second-order valence-corrected chi connectivity index (χ2v) is 9.06. The number of nitrogens with zero attached hydrogens (tertiary/aromatic N) is 3. The number of hydrogen-bond donors (Lipinski definition) is 0. The van der Waals surface area contributed by atoms with Crippen molar-refractivity contribution in [3.8, 4) is 26.9 Å². The molecule has 0 bridgehead atoms. The van der Waals surface area contributed by atoms with Crippen LogP contribution in [0.5, 0.6) is 5.75 Å². The predicted octanol–water partition coefficient (Wildman–Crippen LogP) is 6.31. The lowest BCUT2D eigenvalue weighted by Gasteiger charge is -2.11. The minimum atomic E-state index is 0.857. The Morgan fingerprint density at radius 2 is 1.31 bits per heavy atom. The van der Waals surface area contributed by atoms with E-state index in [0.29, 0.717) is 0 Å². The Morgan fingerprint density at radius 1 is 0.724 bits per heavy atom. The molecule has 0 fully saturated rings. The number of fused-ring (bicyclic) bond motifs is 2. The number of methoxy groups -OCH3 is 1. The minimum Gasteiger partial charge on any atom is -0.497 e. The molecule has 0 aliphatic heterocycles. The van der Waals surface area contributed by atoms with Crippen molar-refractivity contribution in [2.24, 2.45) is 0 Å². The van der Waals surface area contributed by atoms with Crippen LogP contribution in [0.3, 0.4) is 0 Å². The lowest BCUT2D eigenvalue weighted by atomic mass is 10.2. The smallest absolute Gasteiger partial charge is 0.124 e. The molecule has 0 unspecified atom stereocenters. The summed E-state index contributed by atoms with van der Waals surface area (Å²) in [4.78, 5) is 11.7. The van der Waals surface area contributed by atoms with E-state index < -0.39 is 0 Å². The van der Waals surface area contributed by atoms with Crippen LogP contribution in [0.15, 0.2) is 60.7 Å². The zero-order valence-electron chi connectivity index (χ0n) is 16.3. The Labute approximate surface area is 177 Å². The molecule has 5 rings (SSSR count). The number of ether oxygens (including phenoxy) is 1. The van der Waals surface area contributed by atoms with Crippen molar-refractivity contribution in [2.75, 3.05) is 26.1 Å². The third-order valence-corrected chi connectivity index (χ3v) is 7.00. The van der Waals surface area contributed by atoms with Crippen molar-refractivity contribution in [3.05, 3.63) is 60.7 Å². The SMILES string of the molecule is COc1ccc2nc(-c3ccc4nc(-c5ccc(N(C)C)cc5)sc4c3)sc2c1. The van der Waals surface area contributed by atoms with Crippen LogP contribution in [0, 0.1) is 0 Å². The maximum atomic E-state index is 5.33. The first kappa shape index (κ1) is 18.1. The highest BCUT2D eigenvalue weighted by Crippen LogP contribution is 2.36. The molecule has 0 aliphatic carbocycles. The topological polar surface area (TPSA) is 38.3 Å². The van der Waals surface area contributed by atoms with Crippen molar-refractivity contribution in [1.82, 2.24) is 9.97 Å². The van der Waals surface area contributed by atoms with E-state index in [0.717, 1.165) is 42.6 Å². The molecule has 0 amide bonds. The van der Waals surface area contributed by atoms with E-state index in [4.69, 9.17) is 14.7 Å². The molecule has 144 valence electrons. The second kappa shape index (κ2) is 7.13. The quantitative estimate of drug-likeness (QED) is 0.343. The summed E-state index contributed by atoms with van der Waals surface area (Å²) >= 11 is 3.40. The molecule has 0 saturated heterocycles. The minimum absolute atomic E-state index is 0.857. The first-order valence-electron chi connectivity index (χ1n) is 9.24. The molecule has 2 heterocycles. The average Bonchev–Trinajstić information content (AvgIpc) is 3.36. The number of rotatable bonds is 4. The molecule has 5 aromatic rings. The van der Waals surface area contributed by atoms with E-state index in [1.807, 2.05) is 32.3 Å². The van der Waals surface area contributed by atoms with Gasteiger partial charge in [0, 0.05) is 30.9 Å². The van der Waals surface area contributed by atoms with Crippen molar-refractivity contribution in [1.29, 1.82) is 0 Å². The Morgan fingerprint density at radius 3 is 1.97 bits per heavy atom. The summed E-state index contributed by atoms with van der Waals surface area (Å²) in [7, 11) is 5.78. The third-order valence-electron chi connectivity index (χ3n) is 4.86. The van der Waals surface area contributed by atoms with Crippen molar-refractivity contribution >= 4 is 48.8 Å². The highest BCUT2D eigenvalue weighted by atomic mass is 32.1. The van der Waals surface area contributed by atoms with Crippen LogP contribution in [-0.2, 0) is 0 Å². The first-order valence-corrected chi connectivity index (χ1v) is 10.9. The van der Waals surface area contributed by atoms with Gasteiger partial charge in [-0.25, -0.2) is 9.97 Å². The number of thiazole rings is 2. The largest absolute Gasteiger partial charge is 0.497 e. The normalized spacial score (nSPS) is 11.3. The van der Waals surface area contributed by atoms with E-state index in [9.17, 15) is 0 Å². The Kier molecular flexibility index (Phi) is 4.45. The van der Waals surface area contributed by atoms with Crippen LogP contribution in [0.2, 0.25) is 0 Å². The van der Waals surface area contributed by atoms with Crippen LogP contribution >= 0.6 is 22.7 Å². The zero-order valence-corrected chi connectivity index (χ0v) is 18.0. The van der Waals surface area contributed by atoms with E-state index >= 15 is 0 Å². The van der Waals surface area contributed by atoms with Gasteiger partial charge in [-0.1, -0.05) is 0 Å². The van der Waals surface area contributed by atoms with Gasteiger partial charge in [-0.3, -0.25) is 0 Å². The summed E-state index contributed by atoms with van der Waals surface area (Å²) in [6.07, 6.45) is 0. The summed E-state index contributed by atoms with van der Waals surface area (Å²) in [6.45, 7) is 0. The zero-order chi connectivity index (χ0) is 20.0. The number of aromatic nitrogens is 2. The Balaban J connectivity index is 1.52. The van der Waals surface area contributed by atoms with Gasteiger partial charge in [-0.2, -0.15) is 0 Å². The van der Waals surface area contributed by atoms with Gasteiger partial charge in [0.25, 0.3) is 0 Å². The van der Waals surface area contributed by atoms with E-state index in [-0.39, 0.29) is 0 Å². The Bertz CT molecular complexity index is 1320. The van der Waals surface area contributed by atoms with Gasteiger partial charge in [0.2, 0.25) is 0 Å². The number of benzene rings is 3. The van der Waals surface area contributed by atoms with E-state index in [1.165, 1.54) is 10.4 Å². The molecule has 0 N–H and O–H groups in total.